The summed E-state index contributed by atoms with van der Waals surface area (Å²) in [6.07, 6.45) is 4.50. The normalized spacial score (nSPS) is 27.1. The van der Waals surface area contributed by atoms with Crippen LogP contribution in [0, 0.1) is 11.8 Å². The second-order valence-electron chi connectivity index (χ2n) is 6.64. The van der Waals surface area contributed by atoms with Gasteiger partial charge in [0.1, 0.15) is 0 Å². The van der Waals surface area contributed by atoms with Gasteiger partial charge in [0.2, 0.25) is 10.0 Å². The molecule has 1 aromatic heterocycles. The van der Waals surface area contributed by atoms with Gasteiger partial charge in [-0.2, -0.15) is 0 Å². The maximum absolute atomic E-state index is 12.7. The summed E-state index contributed by atoms with van der Waals surface area (Å²) >= 11 is 1.10. The second-order valence-corrected chi connectivity index (χ2v) is 9.35. The Morgan fingerprint density at radius 2 is 2.13 bits per heavy atom. The van der Waals surface area contributed by atoms with Gasteiger partial charge in [0.05, 0.1) is 15.1 Å². The van der Waals surface area contributed by atoms with Crippen LogP contribution in [0.4, 0.5) is 0 Å². The van der Waals surface area contributed by atoms with E-state index < -0.39 is 10.0 Å². The number of rotatable bonds is 4. The summed E-state index contributed by atoms with van der Waals surface area (Å²) in [4.78, 5) is 12.1. The van der Waals surface area contributed by atoms with E-state index in [1.54, 1.807) is 22.8 Å². The van der Waals surface area contributed by atoms with Crippen molar-refractivity contribution in [1.29, 1.82) is 0 Å². The molecule has 3 unspecified atom stereocenters. The van der Waals surface area contributed by atoms with Gasteiger partial charge in [0.15, 0.2) is 0 Å². The van der Waals surface area contributed by atoms with Crippen LogP contribution >= 0.6 is 11.3 Å². The number of benzene rings is 1. The van der Waals surface area contributed by atoms with E-state index in [2.05, 4.69) is 4.72 Å². The van der Waals surface area contributed by atoms with Gasteiger partial charge in [-0.1, -0.05) is 17.8 Å². The van der Waals surface area contributed by atoms with Crippen molar-refractivity contribution < 1.29 is 8.42 Å². The molecule has 5 nitrogen and oxygen atoms in total. The van der Waals surface area contributed by atoms with Crippen molar-refractivity contribution in [2.75, 3.05) is 0 Å². The van der Waals surface area contributed by atoms with Crippen LogP contribution < -0.4 is 9.60 Å². The first-order valence-electron chi connectivity index (χ1n) is 8.13. The highest BCUT2D eigenvalue weighted by atomic mass is 32.2. The lowest BCUT2D eigenvalue weighted by Crippen LogP contribution is -2.38. The Morgan fingerprint density at radius 1 is 1.30 bits per heavy atom. The number of nitrogens with one attached hydrogen (secondary N) is 1. The first-order valence-corrected chi connectivity index (χ1v) is 10.4. The molecule has 0 aliphatic heterocycles. The number of hydrogen-bond donors (Lipinski definition) is 1. The number of thiazole rings is 1. The van der Waals surface area contributed by atoms with Crippen molar-refractivity contribution >= 4 is 31.6 Å². The zero-order valence-corrected chi connectivity index (χ0v) is 14.6. The maximum atomic E-state index is 12.7. The van der Waals surface area contributed by atoms with Crippen LogP contribution in [0.25, 0.3) is 10.2 Å². The molecule has 1 N–H and O–H groups in total. The van der Waals surface area contributed by atoms with E-state index in [1.807, 2.05) is 6.92 Å². The molecular weight excluding hydrogens is 332 g/mol. The molecule has 0 spiro atoms. The van der Waals surface area contributed by atoms with Gasteiger partial charge in [0.25, 0.3) is 0 Å². The molecule has 4 rings (SSSR count). The minimum absolute atomic E-state index is 0.0434. The van der Waals surface area contributed by atoms with E-state index >= 15 is 0 Å². The molecular formula is C16H20N2O3S2. The van der Waals surface area contributed by atoms with Crippen LogP contribution in [0.5, 0.6) is 0 Å². The Kier molecular flexibility index (Phi) is 3.62. The van der Waals surface area contributed by atoms with Crippen LogP contribution in [-0.2, 0) is 16.6 Å². The van der Waals surface area contributed by atoms with E-state index in [1.165, 1.54) is 6.42 Å². The molecule has 3 atom stereocenters. The van der Waals surface area contributed by atoms with Gasteiger partial charge in [-0.3, -0.25) is 9.36 Å². The average molecular weight is 352 g/mol. The monoisotopic (exact) mass is 352 g/mol. The Morgan fingerprint density at radius 3 is 2.78 bits per heavy atom. The highest BCUT2D eigenvalue weighted by Crippen LogP contribution is 2.44. The van der Waals surface area contributed by atoms with Crippen LogP contribution in [0.15, 0.2) is 27.9 Å². The molecule has 124 valence electrons. The third-order valence-electron chi connectivity index (χ3n) is 5.31. The number of hydrogen-bond acceptors (Lipinski definition) is 4. The highest BCUT2D eigenvalue weighted by molar-refractivity contribution is 7.89. The predicted molar refractivity (Wildman–Crippen MR) is 91.3 cm³/mol. The predicted octanol–water partition coefficient (Wildman–Crippen LogP) is 2.55. The van der Waals surface area contributed by atoms with Crippen LogP contribution in [0.1, 0.15) is 32.6 Å². The van der Waals surface area contributed by atoms with Crippen molar-refractivity contribution in [2.24, 2.45) is 11.8 Å². The molecule has 1 aromatic carbocycles. The molecule has 0 radical (unpaired) electrons. The molecule has 7 heteroatoms. The quantitative estimate of drug-likeness (QED) is 0.919. The van der Waals surface area contributed by atoms with Crippen molar-refractivity contribution in [3.63, 3.8) is 0 Å². The minimum Gasteiger partial charge on any atom is -0.299 e. The van der Waals surface area contributed by atoms with Crippen molar-refractivity contribution in [3.8, 4) is 0 Å². The lowest BCUT2D eigenvalue weighted by atomic mass is 9.96. The van der Waals surface area contributed by atoms with Crippen molar-refractivity contribution in [1.82, 2.24) is 9.29 Å². The molecule has 0 amide bonds. The smallest absolute Gasteiger partial charge is 0.299 e. The van der Waals surface area contributed by atoms with Gasteiger partial charge < -0.3 is 0 Å². The topological polar surface area (TPSA) is 68.2 Å². The highest BCUT2D eigenvalue weighted by Gasteiger charge is 2.41. The number of nitrogens with zero attached hydrogens (tertiary/aromatic N) is 1. The maximum Gasteiger partial charge on any atom is 0.308 e. The summed E-state index contributed by atoms with van der Waals surface area (Å²) < 4.78 is 30.6. The van der Waals surface area contributed by atoms with E-state index in [-0.39, 0.29) is 15.8 Å². The zero-order valence-electron chi connectivity index (χ0n) is 13.0. The standard InChI is InChI=1S/C16H20N2O3S2/c1-2-18-14-6-5-12(9-15(14)22-16(18)19)23(20,21)17-13-8-10-3-4-11(13)7-10/h5-6,9-11,13,17H,2-4,7-8H2,1H3. The van der Waals surface area contributed by atoms with Gasteiger partial charge in [-0.25, -0.2) is 13.1 Å². The lowest BCUT2D eigenvalue weighted by Gasteiger charge is -2.22. The van der Waals surface area contributed by atoms with Gasteiger partial charge in [-0.15, -0.1) is 0 Å². The SMILES string of the molecule is CCn1c(=O)sc2cc(S(=O)(=O)NC3CC4CCC3C4)ccc21. The summed E-state index contributed by atoms with van der Waals surface area (Å²) in [6.45, 7) is 2.50. The third kappa shape index (κ3) is 2.55. The molecule has 23 heavy (non-hydrogen) atoms. The van der Waals surface area contributed by atoms with E-state index in [4.69, 9.17) is 0 Å². The number of fused-ring (bicyclic) bond motifs is 3. The largest absolute Gasteiger partial charge is 0.308 e. The van der Waals surface area contributed by atoms with Gasteiger partial charge >= 0.3 is 4.87 Å². The summed E-state index contributed by atoms with van der Waals surface area (Å²) in [5, 5.41) is 0. The Bertz CT molecular complexity index is 913. The molecule has 2 aliphatic carbocycles. The fourth-order valence-corrected chi connectivity index (χ4v) is 6.58. The van der Waals surface area contributed by atoms with Gasteiger partial charge in [-0.05, 0) is 56.2 Å². The molecule has 2 aliphatic rings. The molecule has 2 aromatic rings. The second kappa shape index (κ2) is 5.43. The number of aromatic nitrogens is 1. The zero-order chi connectivity index (χ0) is 16.2. The Labute approximate surface area is 139 Å². The van der Waals surface area contributed by atoms with E-state index in [0.29, 0.717) is 18.4 Å². The summed E-state index contributed by atoms with van der Waals surface area (Å²) in [7, 11) is -3.52. The Hall–Kier alpha value is -1.18. The summed E-state index contributed by atoms with van der Waals surface area (Å²) in [6, 6.07) is 5.05. The third-order valence-corrected chi connectivity index (χ3v) is 7.74. The van der Waals surface area contributed by atoms with E-state index in [9.17, 15) is 13.2 Å². The molecule has 0 saturated heterocycles. The van der Waals surface area contributed by atoms with Crippen LogP contribution in [-0.4, -0.2) is 19.0 Å². The van der Waals surface area contributed by atoms with Crippen LogP contribution in [0.3, 0.4) is 0 Å². The van der Waals surface area contributed by atoms with E-state index in [0.717, 1.165) is 40.8 Å². The average Bonchev–Trinajstić information content (AvgIpc) is 3.18. The minimum atomic E-state index is -3.52. The van der Waals surface area contributed by atoms with Crippen molar-refractivity contribution in [2.45, 2.75) is 50.1 Å². The van der Waals surface area contributed by atoms with Gasteiger partial charge in [0, 0.05) is 12.6 Å². The number of sulfonamides is 1. The number of aryl methyl sites for hydroxylation is 1. The first kappa shape index (κ1) is 15.4. The fraction of sp³-hybridized carbons (Fsp3) is 0.562. The molecule has 2 fully saturated rings. The fourth-order valence-electron chi connectivity index (χ4n) is 4.17. The Balaban J connectivity index is 1.66. The van der Waals surface area contributed by atoms with Crippen LogP contribution in [0.2, 0.25) is 0 Å². The lowest BCUT2D eigenvalue weighted by molar-refractivity contribution is 0.390. The molecule has 1 heterocycles. The summed E-state index contributed by atoms with van der Waals surface area (Å²) in [5.41, 5.74) is 0.807. The summed E-state index contributed by atoms with van der Waals surface area (Å²) in [5.74, 6) is 1.19. The molecule has 2 saturated carbocycles. The first-order chi connectivity index (χ1) is 11.0. The molecule has 2 bridgehead atoms. The van der Waals surface area contributed by atoms with Crippen molar-refractivity contribution in [3.05, 3.63) is 27.9 Å².